The van der Waals surface area contributed by atoms with Crippen LogP contribution >= 0.6 is 0 Å². The van der Waals surface area contributed by atoms with Gasteiger partial charge in [-0.05, 0) is 60.7 Å². The second-order valence-electron chi connectivity index (χ2n) is 16.8. The van der Waals surface area contributed by atoms with Crippen LogP contribution in [-0.4, -0.2) is 81.6 Å². The molecule has 16 heteroatoms. The Labute approximate surface area is 568 Å². The third-order valence-corrected chi connectivity index (χ3v) is 11.5. The van der Waals surface area contributed by atoms with E-state index in [2.05, 4.69) is 81.6 Å². The van der Waals surface area contributed by atoms with Gasteiger partial charge in [0.15, 0.2) is 0 Å². The lowest BCUT2D eigenvalue weighted by atomic mass is 10.2. The maximum atomic E-state index is 3.93. The normalized spacial score (nSPS) is 8.83. The van der Waals surface area contributed by atoms with Gasteiger partial charge < -0.3 is 0 Å². The van der Waals surface area contributed by atoms with Crippen LogP contribution in [0.15, 0.2) is 293 Å². The first-order chi connectivity index (χ1) is 47.7. The van der Waals surface area contributed by atoms with Gasteiger partial charge in [-0.3, -0.25) is 0 Å². The van der Waals surface area contributed by atoms with Crippen LogP contribution < -0.4 is 0 Å². The summed E-state index contributed by atoms with van der Waals surface area (Å²) in [5.41, 5.74) is 4.75. The molecule has 0 saturated carbocycles. The Bertz CT molecular complexity index is 3090. The van der Waals surface area contributed by atoms with Crippen molar-refractivity contribution in [1.82, 2.24) is 81.6 Å². The minimum atomic E-state index is 0.949. The quantitative estimate of drug-likeness (QED) is 0.138. The molecule has 16 aromatic rings. The zero-order valence-corrected chi connectivity index (χ0v) is 58.9. The molecule has 0 radical (unpaired) electrons. The SMILES string of the molecule is CC.CC.CC.CC.CC.CC.CC.CC.c1ccc2cnncc2c1.c1ccc2cnncc2c1.c1ccc2cnncc2c1.c1ccc2nnccc2c1.c1ccc2nnccc2c1.c1ccc2nnccc2c1.c1ccc2nnccc2c1.c1ccc2nnccc2c1. The maximum Gasteiger partial charge on any atom is 0.0929 e. The zero-order chi connectivity index (χ0) is 70.5. The molecule has 0 N–H and O–H groups in total. The summed E-state index contributed by atoms with van der Waals surface area (Å²) in [6.07, 6.45) is 19.0. The summed E-state index contributed by atoms with van der Waals surface area (Å²) >= 11 is 0. The summed E-state index contributed by atoms with van der Waals surface area (Å²) in [6.45, 7) is 32.0. The highest BCUT2D eigenvalue weighted by Crippen LogP contribution is 2.13. The molecule has 0 unspecified atom stereocenters. The van der Waals surface area contributed by atoms with Gasteiger partial charge in [-0.15, -0.1) is 0 Å². The lowest BCUT2D eigenvalue weighted by Gasteiger charge is -1.90. The standard InChI is InChI=1S/8C8H6N2.8C2H6/c3*1-2-4-8-6-10-9-5-7(8)3-1;5*1-2-4-8-7(3-1)5-6-9-10-8;8*1-2/h8*1-6H;8*1-2H3. The predicted octanol–water partition coefficient (Wildman–Crippen LogP) is 21.2. The monoisotopic (exact) mass is 1280 g/mol. The van der Waals surface area contributed by atoms with E-state index in [0.29, 0.717) is 0 Å². The van der Waals surface area contributed by atoms with Crippen molar-refractivity contribution in [2.24, 2.45) is 0 Å². The van der Waals surface area contributed by atoms with E-state index in [1.165, 1.54) is 0 Å². The lowest BCUT2D eigenvalue weighted by molar-refractivity contribution is 1.05. The molecule has 8 aromatic carbocycles. The summed E-state index contributed by atoms with van der Waals surface area (Å²) < 4.78 is 0. The smallest absolute Gasteiger partial charge is 0.0929 e. The highest BCUT2D eigenvalue weighted by atomic mass is 15.1. The number of benzene rings is 8. The molecule has 496 valence electrons. The van der Waals surface area contributed by atoms with Gasteiger partial charge in [0.2, 0.25) is 0 Å². The fourth-order valence-electron chi connectivity index (χ4n) is 7.45. The third kappa shape index (κ3) is 31.2. The first kappa shape index (κ1) is 82.5. The predicted molar refractivity (Wildman–Crippen MR) is 407 cm³/mol. The Morgan fingerprint density at radius 1 is 0.135 bits per heavy atom. The fourth-order valence-corrected chi connectivity index (χ4v) is 7.45. The van der Waals surface area contributed by atoms with E-state index in [0.717, 1.165) is 86.8 Å². The Morgan fingerprint density at radius 2 is 0.260 bits per heavy atom. The number of aromatic nitrogens is 16. The Morgan fingerprint density at radius 3 is 0.396 bits per heavy atom. The Balaban J connectivity index is 0.000000532. The molecule has 0 saturated heterocycles. The average molecular weight is 1280 g/mol. The van der Waals surface area contributed by atoms with Crippen LogP contribution in [0.5, 0.6) is 0 Å². The summed E-state index contributed by atoms with van der Waals surface area (Å²) in [6, 6.07) is 73.3. The first-order valence-corrected chi connectivity index (χ1v) is 33.0. The van der Waals surface area contributed by atoms with Crippen LogP contribution in [0.25, 0.3) is 86.8 Å². The molecule has 0 fully saturated rings. The van der Waals surface area contributed by atoms with Crippen molar-refractivity contribution in [3.05, 3.63) is 293 Å². The van der Waals surface area contributed by atoms with Gasteiger partial charge in [0.25, 0.3) is 0 Å². The van der Waals surface area contributed by atoms with Gasteiger partial charge in [0, 0.05) is 59.2 Å². The van der Waals surface area contributed by atoms with Crippen LogP contribution in [0, 0.1) is 0 Å². The number of fused-ring (bicyclic) bond motifs is 8. The van der Waals surface area contributed by atoms with E-state index in [1.807, 2.05) is 335 Å². The second kappa shape index (κ2) is 56.2. The minimum Gasteiger partial charge on any atom is -0.159 e. The van der Waals surface area contributed by atoms with E-state index < -0.39 is 0 Å². The molecular weight excluding hydrogens is 1180 g/mol. The van der Waals surface area contributed by atoms with Gasteiger partial charge in [0.1, 0.15) is 0 Å². The number of hydrogen-bond acceptors (Lipinski definition) is 16. The van der Waals surface area contributed by atoms with Crippen molar-refractivity contribution in [2.75, 3.05) is 0 Å². The van der Waals surface area contributed by atoms with Crippen LogP contribution in [0.3, 0.4) is 0 Å². The first-order valence-electron chi connectivity index (χ1n) is 33.0. The summed E-state index contributed by atoms with van der Waals surface area (Å²) in [4.78, 5) is 0. The van der Waals surface area contributed by atoms with E-state index in [-0.39, 0.29) is 0 Å². The minimum absolute atomic E-state index is 0.949. The van der Waals surface area contributed by atoms with Crippen molar-refractivity contribution in [1.29, 1.82) is 0 Å². The van der Waals surface area contributed by atoms with Crippen molar-refractivity contribution in [3.8, 4) is 0 Å². The maximum absolute atomic E-state index is 3.93. The van der Waals surface area contributed by atoms with Gasteiger partial charge in [0.05, 0.1) is 95.7 Å². The second-order valence-corrected chi connectivity index (χ2v) is 16.8. The average Bonchev–Trinajstić information content (AvgIpc) is 2.17. The topological polar surface area (TPSA) is 206 Å². The Kier molecular flexibility index (Phi) is 48.3. The highest BCUT2D eigenvalue weighted by Gasteiger charge is 1.94. The third-order valence-electron chi connectivity index (χ3n) is 11.5. The van der Waals surface area contributed by atoms with Crippen LogP contribution in [-0.2, 0) is 0 Å². The highest BCUT2D eigenvalue weighted by molar-refractivity contribution is 5.83. The number of nitrogens with zero attached hydrogens (tertiary/aromatic N) is 16. The number of hydrogen-bond donors (Lipinski definition) is 0. The molecule has 0 atom stereocenters. The molecular formula is C80H96N16. The molecule has 8 heterocycles. The molecule has 16 rings (SSSR count). The van der Waals surface area contributed by atoms with Crippen molar-refractivity contribution < 1.29 is 0 Å². The molecule has 0 aliphatic rings. The summed E-state index contributed by atoms with van der Waals surface area (Å²) in [5.74, 6) is 0. The molecule has 0 aliphatic carbocycles. The molecule has 16 nitrogen and oxygen atoms in total. The van der Waals surface area contributed by atoms with E-state index in [9.17, 15) is 0 Å². The largest absolute Gasteiger partial charge is 0.159 e. The molecule has 8 aromatic heterocycles. The molecule has 0 amide bonds. The van der Waals surface area contributed by atoms with Gasteiger partial charge in [-0.1, -0.05) is 275 Å². The van der Waals surface area contributed by atoms with Crippen molar-refractivity contribution >= 4 is 86.8 Å². The summed E-state index contributed by atoms with van der Waals surface area (Å²) in [7, 11) is 0. The molecule has 0 spiro atoms. The molecule has 0 aliphatic heterocycles. The number of rotatable bonds is 0. The van der Waals surface area contributed by atoms with Crippen LogP contribution in [0.4, 0.5) is 0 Å². The van der Waals surface area contributed by atoms with Crippen molar-refractivity contribution in [3.63, 3.8) is 0 Å². The van der Waals surface area contributed by atoms with Crippen LogP contribution in [0.1, 0.15) is 111 Å². The van der Waals surface area contributed by atoms with Gasteiger partial charge in [-0.25, -0.2) is 0 Å². The summed E-state index contributed by atoms with van der Waals surface area (Å²) in [5, 5.41) is 73.5. The van der Waals surface area contributed by atoms with E-state index >= 15 is 0 Å². The molecule has 96 heavy (non-hydrogen) atoms. The fraction of sp³-hybridized carbons (Fsp3) is 0.200. The van der Waals surface area contributed by atoms with Crippen molar-refractivity contribution in [2.45, 2.75) is 111 Å². The van der Waals surface area contributed by atoms with Crippen LogP contribution in [0.2, 0.25) is 0 Å². The lowest BCUT2D eigenvalue weighted by Crippen LogP contribution is -1.79. The van der Waals surface area contributed by atoms with E-state index in [1.54, 1.807) is 68.2 Å². The van der Waals surface area contributed by atoms with Gasteiger partial charge >= 0.3 is 0 Å². The zero-order valence-electron chi connectivity index (χ0n) is 58.9. The van der Waals surface area contributed by atoms with Gasteiger partial charge in [-0.2, -0.15) is 81.6 Å². The molecule has 0 bridgehead atoms. The Hall–Kier alpha value is -11.5. The van der Waals surface area contributed by atoms with E-state index in [4.69, 9.17) is 0 Å².